The molecule has 0 saturated heterocycles. The molecule has 3 aromatic carbocycles. The second kappa shape index (κ2) is 8.86. The monoisotopic (exact) mass is 375 g/mol. The number of rotatable bonds is 6. The van der Waals surface area contributed by atoms with Crippen LogP contribution in [0.2, 0.25) is 0 Å². The molecule has 2 N–H and O–H groups in total. The second-order valence-electron chi connectivity index (χ2n) is 6.40. The summed E-state index contributed by atoms with van der Waals surface area (Å²) in [4.78, 5) is 24.2. The van der Waals surface area contributed by atoms with E-state index in [0.717, 1.165) is 16.7 Å². The van der Waals surface area contributed by atoms with Crippen molar-refractivity contribution in [2.24, 2.45) is 0 Å². The molecule has 0 aromatic heterocycles. The first-order chi connectivity index (χ1) is 13.5. The van der Waals surface area contributed by atoms with Crippen LogP contribution in [0.4, 0.5) is 0 Å². The average Bonchev–Trinajstić information content (AvgIpc) is 2.73. The number of phenolic OH excluding ortho intramolecular Hbond substituents is 1. The molecule has 28 heavy (non-hydrogen) atoms. The van der Waals surface area contributed by atoms with E-state index in [1.54, 1.807) is 48.5 Å². The van der Waals surface area contributed by atoms with E-state index in [0.29, 0.717) is 5.56 Å². The van der Waals surface area contributed by atoms with Crippen LogP contribution in [-0.4, -0.2) is 23.6 Å². The Morgan fingerprint density at radius 3 is 2.07 bits per heavy atom. The smallest absolute Gasteiger partial charge is 0.338 e. The third-order valence-electron chi connectivity index (χ3n) is 4.33. The minimum absolute atomic E-state index is 0.169. The number of benzene rings is 3. The van der Waals surface area contributed by atoms with Gasteiger partial charge in [0.25, 0.3) is 5.91 Å². The van der Waals surface area contributed by atoms with Crippen LogP contribution in [0.5, 0.6) is 5.75 Å². The maximum absolute atomic E-state index is 12.2. The molecule has 142 valence electrons. The number of carbonyl (C=O) groups is 2. The lowest BCUT2D eigenvalue weighted by Gasteiger charge is -2.14. The van der Waals surface area contributed by atoms with Gasteiger partial charge in [0.2, 0.25) is 0 Å². The summed E-state index contributed by atoms with van der Waals surface area (Å²) in [6.07, 6.45) is 0. The highest BCUT2D eigenvalue weighted by atomic mass is 16.5. The maximum atomic E-state index is 12.2. The van der Waals surface area contributed by atoms with E-state index in [2.05, 4.69) is 5.32 Å². The fraction of sp³-hybridized carbons (Fsp3) is 0.130. The fourth-order valence-corrected chi connectivity index (χ4v) is 2.78. The molecule has 0 unspecified atom stereocenters. The van der Waals surface area contributed by atoms with Gasteiger partial charge >= 0.3 is 5.97 Å². The molecule has 1 amide bonds. The summed E-state index contributed by atoms with van der Waals surface area (Å²) in [5.41, 5.74) is 3.18. The summed E-state index contributed by atoms with van der Waals surface area (Å²) in [6, 6.07) is 23.1. The third kappa shape index (κ3) is 4.98. The van der Waals surface area contributed by atoms with Crippen molar-refractivity contribution in [3.63, 3.8) is 0 Å². The van der Waals surface area contributed by atoms with Crippen LogP contribution in [0.25, 0.3) is 11.1 Å². The van der Waals surface area contributed by atoms with Crippen molar-refractivity contribution in [3.05, 3.63) is 90.0 Å². The van der Waals surface area contributed by atoms with Crippen molar-refractivity contribution in [2.45, 2.75) is 13.0 Å². The van der Waals surface area contributed by atoms with Gasteiger partial charge < -0.3 is 15.2 Å². The second-order valence-corrected chi connectivity index (χ2v) is 6.40. The van der Waals surface area contributed by atoms with Gasteiger partial charge in [-0.25, -0.2) is 4.79 Å². The van der Waals surface area contributed by atoms with Gasteiger partial charge in [0.15, 0.2) is 6.61 Å². The molecule has 5 heteroatoms. The van der Waals surface area contributed by atoms with E-state index in [1.807, 2.05) is 37.3 Å². The van der Waals surface area contributed by atoms with Crippen LogP contribution < -0.4 is 5.32 Å². The van der Waals surface area contributed by atoms with E-state index < -0.39 is 5.97 Å². The molecule has 0 radical (unpaired) electrons. The zero-order chi connectivity index (χ0) is 19.9. The number of aromatic hydroxyl groups is 1. The van der Waals surface area contributed by atoms with Crippen LogP contribution >= 0.6 is 0 Å². The Labute approximate surface area is 163 Å². The molecule has 5 nitrogen and oxygen atoms in total. The van der Waals surface area contributed by atoms with Crippen LogP contribution in [0.15, 0.2) is 78.9 Å². The lowest BCUT2D eigenvalue weighted by molar-refractivity contribution is -0.124. The number of ether oxygens (including phenoxy) is 1. The normalized spacial score (nSPS) is 11.5. The summed E-state index contributed by atoms with van der Waals surface area (Å²) in [7, 11) is 0. The first-order valence-corrected chi connectivity index (χ1v) is 8.94. The number of nitrogens with one attached hydrogen (secondary N) is 1. The Morgan fingerprint density at radius 2 is 1.46 bits per heavy atom. The van der Waals surface area contributed by atoms with E-state index in [9.17, 15) is 14.7 Å². The highest BCUT2D eigenvalue weighted by Crippen LogP contribution is 2.22. The van der Waals surface area contributed by atoms with Gasteiger partial charge in [-0.3, -0.25) is 4.79 Å². The molecular weight excluding hydrogens is 354 g/mol. The predicted octanol–water partition coefficient (Wildman–Crippen LogP) is 4.09. The Bertz CT molecular complexity index is 935. The van der Waals surface area contributed by atoms with E-state index in [1.165, 1.54) is 0 Å². The van der Waals surface area contributed by atoms with Crippen molar-refractivity contribution in [3.8, 4) is 16.9 Å². The molecule has 0 heterocycles. The fourth-order valence-electron chi connectivity index (χ4n) is 2.78. The standard InChI is InChI=1S/C23H21NO4/c1-16(17-5-3-2-4-6-17)24-22(26)15-28-23(27)20-9-7-18(8-10-20)19-11-13-21(25)14-12-19/h2-14,16,25H,15H2,1H3,(H,24,26)/t16-/m1/s1. The highest BCUT2D eigenvalue weighted by molar-refractivity contribution is 5.92. The minimum Gasteiger partial charge on any atom is -0.508 e. The van der Waals surface area contributed by atoms with E-state index >= 15 is 0 Å². The molecule has 1 atom stereocenters. The minimum atomic E-state index is -0.556. The highest BCUT2D eigenvalue weighted by Gasteiger charge is 2.13. The molecule has 3 aromatic rings. The van der Waals surface area contributed by atoms with Crippen LogP contribution in [0.1, 0.15) is 28.9 Å². The van der Waals surface area contributed by atoms with Crippen molar-refractivity contribution >= 4 is 11.9 Å². The van der Waals surface area contributed by atoms with Gasteiger partial charge in [0.05, 0.1) is 11.6 Å². The SMILES string of the molecule is C[C@@H](NC(=O)COC(=O)c1ccc(-c2ccc(O)cc2)cc1)c1ccccc1. The predicted molar refractivity (Wildman–Crippen MR) is 107 cm³/mol. The van der Waals surface area contributed by atoms with Gasteiger partial charge in [-0.05, 0) is 47.9 Å². The van der Waals surface area contributed by atoms with Gasteiger partial charge in [-0.1, -0.05) is 54.6 Å². The summed E-state index contributed by atoms with van der Waals surface area (Å²) in [5.74, 6) is -0.714. The molecule has 0 saturated carbocycles. The molecular formula is C23H21NO4. The van der Waals surface area contributed by atoms with Gasteiger partial charge in [-0.15, -0.1) is 0 Å². The number of esters is 1. The van der Waals surface area contributed by atoms with Gasteiger partial charge in [-0.2, -0.15) is 0 Å². The Morgan fingerprint density at radius 1 is 0.893 bits per heavy atom. The molecule has 0 fully saturated rings. The first kappa shape index (κ1) is 19.2. The quantitative estimate of drug-likeness (QED) is 0.636. The van der Waals surface area contributed by atoms with Crippen LogP contribution in [0.3, 0.4) is 0 Å². The first-order valence-electron chi connectivity index (χ1n) is 8.94. The molecule has 3 rings (SSSR count). The summed E-state index contributed by atoms with van der Waals surface area (Å²) in [6.45, 7) is 1.53. The molecule has 0 spiro atoms. The summed E-state index contributed by atoms with van der Waals surface area (Å²) in [5, 5.41) is 12.2. The zero-order valence-corrected chi connectivity index (χ0v) is 15.5. The van der Waals surface area contributed by atoms with Gasteiger partial charge in [0.1, 0.15) is 5.75 Å². The Hall–Kier alpha value is -3.60. The van der Waals surface area contributed by atoms with Crippen molar-refractivity contribution in [1.82, 2.24) is 5.32 Å². The molecule has 0 aliphatic heterocycles. The zero-order valence-electron chi connectivity index (χ0n) is 15.5. The van der Waals surface area contributed by atoms with Crippen molar-refractivity contribution in [2.75, 3.05) is 6.61 Å². The molecule has 0 aliphatic carbocycles. The Kier molecular flexibility index (Phi) is 6.07. The maximum Gasteiger partial charge on any atom is 0.338 e. The largest absolute Gasteiger partial charge is 0.508 e. The van der Waals surface area contributed by atoms with E-state index in [-0.39, 0.29) is 24.3 Å². The third-order valence-corrected chi connectivity index (χ3v) is 4.33. The molecule has 0 bridgehead atoms. The van der Waals surface area contributed by atoms with Crippen molar-refractivity contribution in [1.29, 1.82) is 0 Å². The Balaban J connectivity index is 1.53. The lowest BCUT2D eigenvalue weighted by atomic mass is 10.0. The van der Waals surface area contributed by atoms with Crippen molar-refractivity contribution < 1.29 is 19.4 Å². The molecule has 0 aliphatic rings. The van der Waals surface area contributed by atoms with Crippen LogP contribution in [-0.2, 0) is 9.53 Å². The van der Waals surface area contributed by atoms with Crippen LogP contribution in [0, 0.1) is 0 Å². The summed E-state index contributed by atoms with van der Waals surface area (Å²) < 4.78 is 5.10. The number of hydrogen-bond donors (Lipinski definition) is 2. The number of carbonyl (C=O) groups excluding carboxylic acids is 2. The lowest BCUT2D eigenvalue weighted by Crippen LogP contribution is -2.31. The average molecular weight is 375 g/mol. The van der Waals surface area contributed by atoms with E-state index in [4.69, 9.17) is 4.74 Å². The number of amides is 1. The topological polar surface area (TPSA) is 75.6 Å². The summed E-state index contributed by atoms with van der Waals surface area (Å²) >= 11 is 0. The number of hydrogen-bond acceptors (Lipinski definition) is 4. The number of phenols is 1. The van der Waals surface area contributed by atoms with Gasteiger partial charge in [0, 0.05) is 0 Å².